The van der Waals surface area contributed by atoms with Crippen molar-refractivity contribution in [3.63, 3.8) is 0 Å². The zero-order valence-corrected chi connectivity index (χ0v) is 89.2. The lowest BCUT2D eigenvalue weighted by Gasteiger charge is -2.36. The van der Waals surface area contributed by atoms with E-state index in [9.17, 15) is 0 Å². The normalized spacial score (nSPS) is 13.0. The first-order chi connectivity index (χ1) is 65.8. The molecular weight excluding hydrogens is 1720 g/mol. The first kappa shape index (κ1) is 99.0. The predicted octanol–water partition coefficient (Wildman–Crippen LogP) is 35.9. The summed E-state index contributed by atoms with van der Waals surface area (Å²) in [6, 6.07) is 65.1. The number of fused-ring (bicyclic) bond motifs is 10. The summed E-state index contributed by atoms with van der Waals surface area (Å²) >= 11 is 0. The second-order valence-corrected chi connectivity index (χ2v) is 44.4. The number of aryl methyl sites for hydroxylation is 20. The summed E-state index contributed by atoms with van der Waals surface area (Å²) in [6.45, 7) is 76.4. The van der Waals surface area contributed by atoms with E-state index in [1.54, 1.807) is 0 Å². The summed E-state index contributed by atoms with van der Waals surface area (Å²) in [4.78, 5) is 34.4. The summed E-state index contributed by atoms with van der Waals surface area (Å²) in [5.41, 5.74) is 45.8. The van der Waals surface area contributed by atoms with Crippen molar-refractivity contribution in [1.29, 1.82) is 0 Å². The topological polar surface area (TPSA) is 127 Å². The minimum Gasteiger partial charge on any atom is -0.453 e. The van der Waals surface area contributed by atoms with Gasteiger partial charge < -0.3 is 43.3 Å². The number of rotatable bonds is 5. The van der Waals surface area contributed by atoms with Crippen LogP contribution in [0.5, 0.6) is 57.6 Å². The third kappa shape index (κ3) is 19.4. The van der Waals surface area contributed by atoms with Gasteiger partial charge in [0.15, 0.2) is 57.6 Å². The maximum atomic E-state index is 6.32. The monoisotopic (exact) mass is 1860 g/mol. The number of hydrogen-bond donors (Lipinski definition) is 0. The molecule has 0 bridgehead atoms. The molecule has 0 unspecified atom stereocenters. The Morgan fingerprint density at radius 2 is 0.550 bits per heavy atom. The zero-order chi connectivity index (χ0) is 101. The predicted molar refractivity (Wildman–Crippen MR) is 583 cm³/mol. The lowest BCUT2D eigenvalue weighted by molar-refractivity contribution is 0.452. The highest BCUT2D eigenvalue weighted by atomic mass is 16.5. The van der Waals surface area contributed by atoms with Crippen LogP contribution in [-0.2, 0) is 27.1 Å². The van der Waals surface area contributed by atoms with E-state index < -0.39 is 0 Å². The molecule has 0 N–H and O–H groups in total. The molecule has 5 aromatic heterocycles. The minimum atomic E-state index is 0.112. The molecule has 10 heterocycles. The SMILES string of the molecule is Cc1cc2c(cn1)N(c1c(C)cc(C(C)(C)C)cc1C)c1cccc(C)c1O2.Cc1ccc2c(c1)Oc1c(C)cncc1N2c1c(C)cc(C(C)(C)C)cc1C.Cc1ccc2c(c1)Oc1c(ccnc1C)N2c1c(C)cc(C(C)(C)C)cc1C.Cc1ccc2c(n1)Oc1c(C)cccc1N2c1c(C)cc(C(C)(C)C)cc1C.Cc1cnc2c(c1)Oc1c(C)cccc1N2c1c(C)cc(C(C)(C)C)cc1C. The van der Waals surface area contributed by atoms with Crippen LogP contribution in [0.4, 0.5) is 85.4 Å². The molecule has 15 heteroatoms. The molecule has 10 aromatic carbocycles. The first-order valence-electron chi connectivity index (χ1n) is 49.1. The van der Waals surface area contributed by atoms with Crippen molar-refractivity contribution in [3.05, 3.63) is 352 Å². The van der Waals surface area contributed by atoms with Crippen molar-refractivity contribution in [2.24, 2.45) is 0 Å². The van der Waals surface area contributed by atoms with E-state index in [0.717, 1.165) is 154 Å². The molecule has 720 valence electrons. The third-order valence-corrected chi connectivity index (χ3v) is 27.2. The van der Waals surface area contributed by atoms with E-state index in [1.807, 2.05) is 83.8 Å². The van der Waals surface area contributed by atoms with Gasteiger partial charge in [-0.1, -0.05) is 213 Å². The molecule has 20 rings (SSSR count). The lowest BCUT2D eigenvalue weighted by Crippen LogP contribution is -2.20. The number of nitrogens with zero attached hydrogens (tertiary/aromatic N) is 10. The van der Waals surface area contributed by atoms with Gasteiger partial charge in [0.25, 0.3) is 0 Å². The average molecular weight is 1860 g/mol. The van der Waals surface area contributed by atoms with Gasteiger partial charge in [-0.15, -0.1) is 0 Å². The molecule has 0 saturated carbocycles. The van der Waals surface area contributed by atoms with Gasteiger partial charge in [0, 0.05) is 41.6 Å². The highest BCUT2D eigenvalue weighted by Crippen LogP contribution is 2.60. The molecular formula is C125H140N10O5. The molecule has 0 spiro atoms. The van der Waals surface area contributed by atoms with Crippen LogP contribution in [0.2, 0.25) is 0 Å². The van der Waals surface area contributed by atoms with Gasteiger partial charge in [0.1, 0.15) is 17.1 Å². The number of anilines is 15. The highest BCUT2D eigenvalue weighted by Gasteiger charge is 2.39. The molecule has 140 heavy (non-hydrogen) atoms. The highest BCUT2D eigenvalue weighted by molar-refractivity contribution is 5.95. The van der Waals surface area contributed by atoms with Crippen LogP contribution in [0.25, 0.3) is 0 Å². The minimum absolute atomic E-state index is 0.112. The Balaban J connectivity index is 0.000000126. The Labute approximate surface area is 832 Å². The summed E-state index contributed by atoms with van der Waals surface area (Å²) in [7, 11) is 0. The molecule has 0 amide bonds. The van der Waals surface area contributed by atoms with Crippen molar-refractivity contribution in [2.45, 2.75) is 269 Å². The number of aromatic nitrogens is 5. The van der Waals surface area contributed by atoms with Crippen molar-refractivity contribution < 1.29 is 23.7 Å². The molecule has 0 fully saturated rings. The molecule has 0 atom stereocenters. The third-order valence-electron chi connectivity index (χ3n) is 27.2. The van der Waals surface area contributed by atoms with E-state index in [4.69, 9.17) is 28.7 Å². The maximum absolute atomic E-state index is 6.32. The number of pyridine rings is 5. The van der Waals surface area contributed by atoms with Gasteiger partial charge in [-0.25, -0.2) is 9.97 Å². The smallest absolute Gasteiger partial charge is 0.244 e. The first-order valence-corrected chi connectivity index (χ1v) is 49.1. The van der Waals surface area contributed by atoms with Crippen molar-refractivity contribution in [1.82, 2.24) is 24.9 Å². The Morgan fingerprint density at radius 3 is 0.964 bits per heavy atom. The number of ether oxygens (including phenoxy) is 5. The molecule has 0 aliphatic carbocycles. The second kappa shape index (κ2) is 37.6. The van der Waals surface area contributed by atoms with E-state index in [2.05, 4.69) is 416 Å². The standard InChI is InChI=1S/5C25H28N2O/c1-15-8-9-20-22(10-15)28-24-18(4)13-26-14-21(24)27(20)23-16(2)11-19(12-17(23)3)25(5,6)7;1-15-8-9-20-22(12-15)28-24-18(4)26-11-10-21(24)27(20)23-16(2)13-19(14-17(23)3)25(5,6)7;1-15-11-21-24(26-14-15)27(20-10-8-9-16(2)23(20)28-21)22-17(3)12-19(13-18(22)4)25(5,6)7;1-15-9-8-10-20-24(15)28-22-13-18(4)26-14-21(22)27(20)23-16(2)11-19(12-17(23)3)25(5,6)7;1-15-9-8-10-20-23(15)28-24-21(12-11-18(4)26-24)27(20)22-16(2)13-19(14-17(22)3)25(5,6)7/h5*8-14H,1-7H3. The Hall–Kier alpha value is -14.1. The van der Waals surface area contributed by atoms with Gasteiger partial charge in [-0.05, 0) is 349 Å². The van der Waals surface area contributed by atoms with Crippen molar-refractivity contribution in [3.8, 4) is 57.6 Å². The van der Waals surface area contributed by atoms with Crippen LogP contribution in [0.1, 0.15) is 243 Å². The van der Waals surface area contributed by atoms with E-state index in [0.29, 0.717) is 5.88 Å². The number of hydrogen-bond acceptors (Lipinski definition) is 15. The van der Waals surface area contributed by atoms with Gasteiger partial charge in [-0.3, -0.25) is 19.9 Å². The Morgan fingerprint density at radius 1 is 0.221 bits per heavy atom. The number of benzene rings is 10. The van der Waals surface area contributed by atoms with Gasteiger partial charge in [0.05, 0.1) is 80.6 Å². The number of para-hydroxylation sites is 3. The van der Waals surface area contributed by atoms with Crippen LogP contribution in [0.15, 0.2) is 213 Å². The fourth-order valence-corrected chi connectivity index (χ4v) is 19.7. The maximum Gasteiger partial charge on any atom is 0.244 e. The zero-order valence-electron chi connectivity index (χ0n) is 89.2. The van der Waals surface area contributed by atoms with Gasteiger partial charge in [0.2, 0.25) is 5.88 Å². The summed E-state index contributed by atoms with van der Waals surface area (Å²) < 4.78 is 31.5. The van der Waals surface area contributed by atoms with Gasteiger partial charge in [-0.2, -0.15) is 0 Å². The van der Waals surface area contributed by atoms with Crippen LogP contribution in [0.3, 0.4) is 0 Å². The molecule has 0 radical (unpaired) electrons. The van der Waals surface area contributed by atoms with Gasteiger partial charge >= 0.3 is 0 Å². The van der Waals surface area contributed by atoms with Crippen LogP contribution >= 0.6 is 0 Å². The Bertz CT molecular complexity index is 6280. The summed E-state index contributed by atoms with van der Waals surface area (Å²) in [6.07, 6.45) is 9.45. The second-order valence-electron chi connectivity index (χ2n) is 44.4. The van der Waals surface area contributed by atoms with Crippen molar-refractivity contribution in [2.75, 3.05) is 24.5 Å². The lowest BCUT2D eigenvalue weighted by atomic mass is 9.84. The average Bonchev–Trinajstić information content (AvgIpc) is 0.755. The fraction of sp³-hybridized carbons (Fsp3) is 0.320. The Kier molecular flexibility index (Phi) is 26.6. The van der Waals surface area contributed by atoms with Crippen molar-refractivity contribution >= 4 is 85.4 Å². The quantitative estimate of drug-likeness (QED) is 0.162. The van der Waals surface area contributed by atoms with Crippen LogP contribution in [-0.4, -0.2) is 24.9 Å². The summed E-state index contributed by atoms with van der Waals surface area (Å²) in [5, 5.41) is 0. The van der Waals surface area contributed by atoms with E-state index >= 15 is 0 Å². The van der Waals surface area contributed by atoms with E-state index in [-0.39, 0.29) is 27.1 Å². The van der Waals surface area contributed by atoms with Crippen LogP contribution in [0, 0.1) is 138 Å². The molecule has 5 aliphatic heterocycles. The molecule has 15 aromatic rings. The van der Waals surface area contributed by atoms with Crippen LogP contribution < -0.4 is 48.2 Å². The molecule has 5 aliphatic rings. The fourth-order valence-electron chi connectivity index (χ4n) is 19.7. The largest absolute Gasteiger partial charge is 0.453 e. The summed E-state index contributed by atoms with van der Waals surface area (Å²) in [5.74, 6) is 9.36. The molecule has 15 nitrogen and oxygen atoms in total. The van der Waals surface area contributed by atoms with E-state index in [1.165, 1.54) is 123 Å². The molecule has 0 saturated heterocycles.